The Balaban J connectivity index is 2.09. The van der Waals surface area contributed by atoms with Gasteiger partial charge >= 0.3 is 0 Å². The average molecular weight is 420 g/mol. The molecule has 150 valence electrons. The normalized spacial score (nSPS) is 12.7. The zero-order valence-electron chi connectivity index (χ0n) is 17.1. The SMILES string of the molecule is Cc1sc2nc(SC(C)c3nc(N)nc(N(C)C)n3)n(C(C)C)c(=O)c2c1C. The van der Waals surface area contributed by atoms with Gasteiger partial charge < -0.3 is 10.6 Å². The number of hydrogen-bond acceptors (Lipinski definition) is 9. The molecule has 1 atom stereocenters. The molecule has 0 amide bonds. The second-order valence-corrected chi connectivity index (χ2v) is 9.64. The summed E-state index contributed by atoms with van der Waals surface area (Å²) in [6.45, 7) is 9.96. The van der Waals surface area contributed by atoms with E-state index in [1.807, 2.05) is 48.7 Å². The maximum absolute atomic E-state index is 13.2. The van der Waals surface area contributed by atoms with Gasteiger partial charge in [0.2, 0.25) is 11.9 Å². The number of hydrogen-bond donors (Lipinski definition) is 1. The summed E-state index contributed by atoms with van der Waals surface area (Å²) in [7, 11) is 3.70. The molecule has 10 heteroatoms. The first kappa shape index (κ1) is 20.5. The summed E-state index contributed by atoms with van der Waals surface area (Å²) in [5.41, 5.74) is 6.87. The fourth-order valence-corrected chi connectivity index (χ4v) is 4.97. The standard InChI is InChI=1S/C18H25N7OS2/c1-8(2)25-15(26)12-9(3)10(4)27-14(12)22-18(25)28-11(5)13-20-16(19)23-17(21-13)24(6)7/h8,11H,1-7H3,(H2,19,20,21,23). The third-order valence-corrected chi connectivity index (χ3v) is 6.59. The molecule has 28 heavy (non-hydrogen) atoms. The zero-order valence-corrected chi connectivity index (χ0v) is 18.8. The van der Waals surface area contributed by atoms with Crippen molar-refractivity contribution in [3.63, 3.8) is 0 Å². The first-order valence-corrected chi connectivity index (χ1v) is 10.7. The summed E-state index contributed by atoms with van der Waals surface area (Å²) < 4.78 is 1.75. The Kier molecular flexibility index (Phi) is 5.62. The fourth-order valence-electron chi connectivity index (χ4n) is 2.82. The molecule has 3 aromatic heterocycles. The van der Waals surface area contributed by atoms with Crippen LogP contribution in [-0.2, 0) is 0 Å². The van der Waals surface area contributed by atoms with Gasteiger partial charge in [0.1, 0.15) is 10.7 Å². The molecule has 0 saturated heterocycles. The van der Waals surface area contributed by atoms with Crippen molar-refractivity contribution in [1.82, 2.24) is 24.5 Å². The fraction of sp³-hybridized carbons (Fsp3) is 0.500. The van der Waals surface area contributed by atoms with Gasteiger partial charge in [-0.25, -0.2) is 4.98 Å². The predicted molar refractivity (Wildman–Crippen MR) is 117 cm³/mol. The Labute approximate surface area is 172 Å². The van der Waals surface area contributed by atoms with Crippen molar-refractivity contribution < 1.29 is 0 Å². The maximum Gasteiger partial charge on any atom is 0.263 e. The number of nitrogens with zero attached hydrogens (tertiary/aromatic N) is 6. The van der Waals surface area contributed by atoms with Crippen molar-refractivity contribution in [2.75, 3.05) is 24.7 Å². The molecule has 2 N–H and O–H groups in total. The number of nitrogen functional groups attached to an aromatic ring is 1. The minimum absolute atomic E-state index is 0.000640. The number of thiophene rings is 1. The van der Waals surface area contributed by atoms with Crippen LogP contribution in [0.3, 0.4) is 0 Å². The predicted octanol–water partition coefficient (Wildman–Crippen LogP) is 3.34. The van der Waals surface area contributed by atoms with Crippen molar-refractivity contribution in [1.29, 1.82) is 0 Å². The molecule has 0 spiro atoms. The number of nitrogens with two attached hydrogens (primary N) is 1. The van der Waals surface area contributed by atoms with Crippen LogP contribution in [0.4, 0.5) is 11.9 Å². The quantitative estimate of drug-likeness (QED) is 0.496. The molecule has 0 aliphatic rings. The molecule has 8 nitrogen and oxygen atoms in total. The van der Waals surface area contributed by atoms with Gasteiger partial charge in [0.15, 0.2) is 5.16 Å². The molecule has 1 unspecified atom stereocenters. The van der Waals surface area contributed by atoms with Gasteiger partial charge in [-0.3, -0.25) is 9.36 Å². The summed E-state index contributed by atoms with van der Waals surface area (Å²) in [5.74, 6) is 1.24. The van der Waals surface area contributed by atoms with E-state index in [0.29, 0.717) is 22.3 Å². The van der Waals surface area contributed by atoms with Crippen molar-refractivity contribution in [3.05, 3.63) is 26.6 Å². The van der Waals surface area contributed by atoms with Crippen LogP contribution in [0.15, 0.2) is 9.95 Å². The molecule has 3 heterocycles. The number of aromatic nitrogens is 5. The Hall–Kier alpha value is -2.20. The molecular formula is C18H25N7OS2. The molecule has 3 aromatic rings. The summed E-state index contributed by atoms with van der Waals surface area (Å²) in [5, 5.41) is 1.22. The van der Waals surface area contributed by atoms with Crippen LogP contribution in [0.1, 0.15) is 48.3 Å². The number of thioether (sulfide) groups is 1. The van der Waals surface area contributed by atoms with E-state index in [9.17, 15) is 4.79 Å². The van der Waals surface area contributed by atoms with Crippen molar-refractivity contribution >= 4 is 45.2 Å². The van der Waals surface area contributed by atoms with E-state index in [2.05, 4.69) is 15.0 Å². The molecule has 0 radical (unpaired) electrons. The van der Waals surface area contributed by atoms with E-state index in [1.165, 1.54) is 11.8 Å². The van der Waals surface area contributed by atoms with E-state index in [-0.39, 0.29) is 22.8 Å². The summed E-state index contributed by atoms with van der Waals surface area (Å²) in [6.07, 6.45) is 0. The lowest BCUT2D eigenvalue weighted by atomic mass is 10.2. The molecule has 3 rings (SSSR count). The molecule has 0 fully saturated rings. The molecule has 0 aliphatic heterocycles. The lowest BCUT2D eigenvalue weighted by Crippen LogP contribution is -2.25. The Morgan fingerprint density at radius 1 is 1.11 bits per heavy atom. The van der Waals surface area contributed by atoms with Gasteiger partial charge in [-0.15, -0.1) is 11.3 Å². The van der Waals surface area contributed by atoms with Gasteiger partial charge in [0, 0.05) is 25.0 Å². The first-order chi connectivity index (χ1) is 13.1. The molecule has 0 aromatic carbocycles. The first-order valence-electron chi connectivity index (χ1n) is 8.97. The van der Waals surface area contributed by atoms with Gasteiger partial charge in [0.05, 0.1) is 10.6 Å². The smallest absolute Gasteiger partial charge is 0.263 e. The van der Waals surface area contributed by atoms with E-state index in [4.69, 9.17) is 10.7 Å². The highest BCUT2D eigenvalue weighted by atomic mass is 32.2. The maximum atomic E-state index is 13.2. The molecule has 0 saturated carbocycles. The minimum atomic E-state index is -0.152. The van der Waals surface area contributed by atoms with E-state index in [1.54, 1.807) is 20.8 Å². The van der Waals surface area contributed by atoms with Gasteiger partial charge in [-0.1, -0.05) is 11.8 Å². The molecular weight excluding hydrogens is 394 g/mol. The van der Waals surface area contributed by atoms with Crippen LogP contribution < -0.4 is 16.2 Å². The Morgan fingerprint density at radius 2 is 1.79 bits per heavy atom. The summed E-state index contributed by atoms with van der Waals surface area (Å²) in [4.78, 5) is 34.6. The Bertz CT molecular complexity index is 1090. The van der Waals surface area contributed by atoms with Crippen molar-refractivity contribution in [2.24, 2.45) is 0 Å². The highest BCUT2D eigenvalue weighted by molar-refractivity contribution is 7.99. The zero-order chi connectivity index (χ0) is 20.7. The largest absolute Gasteiger partial charge is 0.368 e. The van der Waals surface area contributed by atoms with Crippen LogP contribution in [0.25, 0.3) is 10.2 Å². The van der Waals surface area contributed by atoms with E-state index < -0.39 is 0 Å². The number of anilines is 2. The molecule has 0 bridgehead atoms. The van der Waals surface area contributed by atoms with Crippen LogP contribution >= 0.6 is 23.1 Å². The third-order valence-electron chi connectivity index (χ3n) is 4.42. The van der Waals surface area contributed by atoms with E-state index in [0.717, 1.165) is 15.3 Å². The highest BCUT2D eigenvalue weighted by Gasteiger charge is 2.22. The number of aryl methyl sites for hydroxylation is 2. The van der Waals surface area contributed by atoms with Crippen molar-refractivity contribution in [3.8, 4) is 0 Å². The monoisotopic (exact) mass is 419 g/mol. The Morgan fingerprint density at radius 3 is 2.39 bits per heavy atom. The molecule has 0 aliphatic carbocycles. The van der Waals surface area contributed by atoms with Gasteiger partial charge in [0.25, 0.3) is 5.56 Å². The second-order valence-electron chi connectivity index (χ2n) is 7.13. The average Bonchev–Trinajstić information content (AvgIpc) is 2.88. The second kappa shape index (κ2) is 7.67. The van der Waals surface area contributed by atoms with E-state index >= 15 is 0 Å². The van der Waals surface area contributed by atoms with Crippen LogP contribution in [-0.4, -0.2) is 38.6 Å². The van der Waals surface area contributed by atoms with Crippen LogP contribution in [0.5, 0.6) is 0 Å². The van der Waals surface area contributed by atoms with Crippen LogP contribution in [0.2, 0.25) is 0 Å². The highest BCUT2D eigenvalue weighted by Crippen LogP contribution is 2.35. The minimum Gasteiger partial charge on any atom is -0.368 e. The summed E-state index contributed by atoms with van der Waals surface area (Å²) in [6, 6.07) is -0.0144. The summed E-state index contributed by atoms with van der Waals surface area (Å²) >= 11 is 3.01. The topological polar surface area (TPSA) is 103 Å². The number of rotatable bonds is 5. The van der Waals surface area contributed by atoms with Crippen molar-refractivity contribution in [2.45, 2.75) is 51.1 Å². The lowest BCUT2D eigenvalue weighted by Gasteiger charge is -2.18. The lowest BCUT2D eigenvalue weighted by molar-refractivity contribution is 0.518. The number of fused-ring (bicyclic) bond motifs is 1. The third kappa shape index (κ3) is 3.70. The van der Waals surface area contributed by atoms with Gasteiger partial charge in [-0.2, -0.15) is 15.0 Å². The van der Waals surface area contributed by atoms with Crippen LogP contribution in [0, 0.1) is 13.8 Å². The van der Waals surface area contributed by atoms with Gasteiger partial charge in [-0.05, 0) is 40.2 Å².